The lowest BCUT2D eigenvalue weighted by Crippen LogP contribution is -2.24. The monoisotopic (exact) mass is 566 g/mol. The van der Waals surface area contributed by atoms with Gasteiger partial charge in [0.2, 0.25) is 0 Å². The van der Waals surface area contributed by atoms with E-state index in [9.17, 15) is 0 Å². The number of hydrogen-bond acceptors (Lipinski definition) is 7. The average molecular weight is 567 g/mol. The lowest BCUT2D eigenvalue weighted by Gasteiger charge is -2.28. The first kappa shape index (κ1) is 26.8. The zero-order chi connectivity index (χ0) is 30.2. The van der Waals surface area contributed by atoms with Crippen LogP contribution in [-0.4, -0.2) is 29.8 Å². The van der Waals surface area contributed by atoms with Gasteiger partial charge >= 0.3 is 0 Å². The topological polar surface area (TPSA) is 75.3 Å². The second-order valence-electron chi connectivity index (χ2n) is 11.6. The number of fused-ring (bicyclic) bond motifs is 3. The first-order valence-electron chi connectivity index (χ1n) is 14.6. The lowest BCUT2D eigenvalue weighted by atomic mass is 10.1. The van der Waals surface area contributed by atoms with Gasteiger partial charge in [0.15, 0.2) is 17.3 Å². The lowest BCUT2D eigenvalue weighted by molar-refractivity contribution is 0.793. The SMILES string of the molecule is Cc1nc2/c(=C\C=C3N(c4c(C)cccc4C)c4nc5cc(C)c(C)cc5nc4N3c3c(C)cccc3C)c(C)nn2n1. The minimum Gasteiger partial charge on any atom is -0.276 e. The van der Waals surface area contributed by atoms with Crippen LogP contribution in [0.15, 0.2) is 60.4 Å². The third kappa shape index (κ3) is 4.16. The number of aryl methyl sites for hydroxylation is 8. The summed E-state index contributed by atoms with van der Waals surface area (Å²) in [6.45, 7) is 16.7. The fourth-order valence-electron chi connectivity index (χ4n) is 6.17. The van der Waals surface area contributed by atoms with E-state index in [1.807, 2.05) is 13.8 Å². The number of aromatic nitrogens is 6. The molecular weight excluding hydrogens is 532 g/mol. The molecular formula is C35H34N8. The van der Waals surface area contributed by atoms with Gasteiger partial charge in [0.25, 0.3) is 0 Å². The fourth-order valence-corrected chi connectivity index (χ4v) is 6.17. The van der Waals surface area contributed by atoms with Gasteiger partial charge in [0, 0.05) is 5.22 Å². The van der Waals surface area contributed by atoms with Gasteiger partial charge in [-0.05, 0) is 113 Å². The van der Waals surface area contributed by atoms with E-state index >= 15 is 0 Å². The van der Waals surface area contributed by atoms with Crippen LogP contribution in [0, 0.1) is 55.4 Å². The molecule has 8 heteroatoms. The average Bonchev–Trinajstić information content (AvgIpc) is 3.54. The van der Waals surface area contributed by atoms with Crippen molar-refractivity contribution in [3.05, 3.63) is 111 Å². The number of hydrogen-bond donors (Lipinski definition) is 0. The van der Waals surface area contributed by atoms with Gasteiger partial charge in [-0.25, -0.2) is 15.0 Å². The van der Waals surface area contributed by atoms with Crippen molar-refractivity contribution >= 4 is 45.8 Å². The molecule has 1 aliphatic heterocycles. The Hall–Kier alpha value is -5.11. The van der Waals surface area contributed by atoms with Crippen molar-refractivity contribution in [2.45, 2.75) is 55.4 Å². The number of benzene rings is 3. The zero-order valence-electron chi connectivity index (χ0n) is 25.9. The molecule has 0 aliphatic carbocycles. The molecule has 214 valence electrons. The molecule has 0 fully saturated rings. The minimum atomic E-state index is 0.693. The maximum Gasteiger partial charge on any atom is 0.185 e. The van der Waals surface area contributed by atoms with E-state index in [0.29, 0.717) is 5.82 Å². The van der Waals surface area contributed by atoms with Crippen LogP contribution in [0.3, 0.4) is 0 Å². The van der Waals surface area contributed by atoms with Crippen LogP contribution in [-0.2, 0) is 0 Å². The molecule has 4 heterocycles. The molecule has 0 amide bonds. The highest BCUT2D eigenvalue weighted by atomic mass is 15.5. The summed E-state index contributed by atoms with van der Waals surface area (Å²) in [5.74, 6) is 3.23. The van der Waals surface area contributed by atoms with Crippen molar-refractivity contribution in [3.63, 3.8) is 0 Å². The van der Waals surface area contributed by atoms with Crippen molar-refractivity contribution in [3.8, 4) is 0 Å². The summed E-state index contributed by atoms with van der Waals surface area (Å²) in [4.78, 5) is 19.8. The summed E-state index contributed by atoms with van der Waals surface area (Å²) >= 11 is 0. The minimum absolute atomic E-state index is 0.693. The first-order chi connectivity index (χ1) is 20.6. The summed E-state index contributed by atoms with van der Waals surface area (Å²) in [5.41, 5.74) is 12.6. The van der Waals surface area contributed by atoms with E-state index in [4.69, 9.17) is 9.97 Å². The maximum atomic E-state index is 5.33. The number of allylic oxidation sites excluding steroid dienone is 1. The fraction of sp³-hybridized carbons (Fsp3) is 0.229. The van der Waals surface area contributed by atoms with E-state index in [1.54, 1.807) is 4.63 Å². The third-order valence-electron chi connectivity index (χ3n) is 8.42. The molecule has 8 nitrogen and oxygen atoms in total. The molecule has 0 saturated heterocycles. The smallest absolute Gasteiger partial charge is 0.185 e. The molecule has 3 aromatic carbocycles. The van der Waals surface area contributed by atoms with Crippen LogP contribution in [0.25, 0.3) is 22.8 Å². The Morgan fingerprint density at radius 2 is 1.05 bits per heavy atom. The van der Waals surface area contributed by atoms with E-state index < -0.39 is 0 Å². The Morgan fingerprint density at radius 3 is 1.53 bits per heavy atom. The van der Waals surface area contributed by atoms with E-state index in [1.165, 1.54) is 11.1 Å². The van der Waals surface area contributed by atoms with E-state index in [2.05, 4.69) is 127 Å². The molecule has 6 aromatic rings. The number of para-hydroxylation sites is 2. The standard InChI is InChI=1S/C35H34N8/c1-19-11-9-12-20(2)31(19)41-30(16-15-27-25(7)39-43-33(27)36-26(8)40-43)42(32-21(3)13-10-14-22(32)4)35-34(41)37-28-17-23(5)24(6)18-29(28)38-35/h9-18H,1-8H3/b27-15-. The summed E-state index contributed by atoms with van der Waals surface area (Å²) in [5, 5.41) is 9.98. The van der Waals surface area contributed by atoms with Crippen LogP contribution in [0.1, 0.15) is 44.9 Å². The van der Waals surface area contributed by atoms with Gasteiger partial charge in [-0.2, -0.15) is 5.10 Å². The maximum absolute atomic E-state index is 5.33. The van der Waals surface area contributed by atoms with Crippen LogP contribution in [0.5, 0.6) is 0 Å². The van der Waals surface area contributed by atoms with Gasteiger partial charge in [-0.15, -0.1) is 9.73 Å². The van der Waals surface area contributed by atoms with E-state index in [0.717, 1.165) is 78.7 Å². The second-order valence-corrected chi connectivity index (χ2v) is 11.6. The van der Waals surface area contributed by atoms with Crippen molar-refractivity contribution < 1.29 is 0 Å². The van der Waals surface area contributed by atoms with Crippen LogP contribution in [0.2, 0.25) is 0 Å². The number of anilines is 4. The Bertz CT molecular complexity index is 2040. The van der Waals surface area contributed by atoms with Gasteiger partial charge in [-0.1, -0.05) is 36.4 Å². The Kier molecular flexibility index (Phi) is 6.06. The highest BCUT2D eigenvalue weighted by Crippen LogP contribution is 2.51. The predicted octanol–water partition coefficient (Wildman–Crippen LogP) is 6.87. The summed E-state index contributed by atoms with van der Waals surface area (Å²) in [6, 6.07) is 17.1. The quantitative estimate of drug-likeness (QED) is 0.231. The Balaban J connectivity index is 1.61. The Labute approximate surface area is 251 Å². The van der Waals surface area contributed by atoms with Crippen molar-refractivity contribution in [1.29, 1.82) is 0 Å². The zero-order valence-corrected chi connectivity index (χ0v) is 25.9. The molecule has 0 spiro atoms. The van der Waals surface area contributed by atoms with Gasteiger partial charge in [0.05, 0.1) is 28.1 Å². The highest BCUT2D eigenvalue weighted by molar-refractivity contribution is 5.96. The summed E-state index contributed by atoms with van der Waals surface area (Å²) < 4.78 is 1.62. The first-order valence-corrected chi connectivity index (χ1v) is 14.6. The summed E-state index contributed by atoms with van der Waals surface area (Å²) in [6.07, 6.45) is 4.25. The molecule has 7 rings (SSSR count). The number of rotatable bonds is 3. The molecule has 1 aliphatic rings. The largest absolute Gasteiger partial charge is 0.276 e. The highest BCUT2D eigenvalue weighted by Gasteiger charge is 2.39. The molecule has 0 N–H and O–H groups in total. The van der Waals surface area contributed by atoms with Gasteiger partial charge in [-0.3, -0.25) is 9.80 Å². The third-order valence-corrected chi connectivity index (χ3v) is 8.42. The van der Waals surface area contributed by atoms with Crippen molar-refractivity contribution in [2.75, 3.05) is 9.80 Å². The van der Waals surface area contributed by atoms with Crippen LogP contribution in [0.4, 0.5) is 23.0 Å². The van der Waals surface area contributed by atoms with Crippen LogP contribution < -0.4 is 15.0 Å². The van der Waals surface area contributed by atoms with Gasteiger partial charge < -0.3 is 0 Å². The molecule has 0 saturated carbocycles. The summed E-state index contributed by atoms with van der Waals surface area (Å²) in [7, 11) is 0. The van der Waals surface area contributed by atoms with Crippen molar-refractivity contribution in [1.82, 2.24) is 29.8 Å². The molecule has 3 aromatic heterocycles. The second kappa shape index (κ2) is 9.73. The molecule has 0 atom stereocenters. The van der Waals surface area contributed by atoms with E-state index in [-0.39, 0.29) is 0 Å². The number of nitrogens with zero attached hydrogens (tertiary/aromatic N) is 8. The molecule has 0 bridgehead atoms. The molecule has 0 radical (unpaired) electrons. The Morgan fingerprint density at radius 1 is 0.558 bits per heavy atom. The molecule has 43 heavy (non-hydrogen) atoms. The van der Waals surface area contributed by atoms with Gasteiger partial charge in [0.1, 0.15) is 11.6 Å². The predicted molar refractivity (Wildman–Crippen MR) is 173 cm³/mol. The van der Waals surface area contributed by atoms with Crippen molar-refractivity contribution in [2.24, 2.45) is 0 Å². The van der Waals surface area contributed by atoms with Crippen LogP contribution >= 0.6 is 0 Å². The molecule has 0 unspecified atom stereocenters. The normalized spacial score (nSPS) is 13.6.